The fourth-order valence-electron chi connectivity index (χ4n) is 5.77. The molecule has 3 aliphatic rings. The van der Waals surface area contributed by atoms with Crippen molar-refractivity contribution in [3.63, 3.8) is 0 Å². The van der Waals surface area contributed by atoms with E-state index in [1.807, 2.05) is 24.3 Å². The number of carboxylic acid groups (broad SMARTS) is 1. The van der Waals surface area contributed by atoms with E-state index in [4.69, 9.17) is 4.74 Å². The van der Waals surface area contributed by atoms with Crippen LogP contribution in [0, 0.1) is 11.8 Å². The van der Waals surface area contributed by atoms with Crippen LogP contribution in [0.4, 0.5) is 0 Å². The Morgan fingerprint density at radius 2 is 2.15 bits per heavy atom. The molecule has 3 saturated heterocycles. The Bertz CT molecular complexity index is 1170. The van der Waals surface area contributed by atoms with Gasteiger partial charge in [-0.1, -0.05) is 39.4 Å². The molecule has 2 amide bonds. The zero-order chi connectivity index (χ0) is 24.2. The summed E-state index contributed by atoms with van der Waals surface area (Å²) in [4.78, 5) is 42.0. The first-order valence-electron chi connectivity index (χ1n) is 11.0. The molecule has 2 N–H and O–H groups in total. The van der Waals surface area contributed by atoms with E-state index in [0.717, 1.165) is 5.52 Å². The molecule has 3 fully saturated rings. The molecule has 0 saturated carbocycles. The standard InChI is InChI=1S/C22H24BrN5O6/c1-2-7-26(11-28-14-6-4-3-5-13(14)24-25-28)20(31)18-22-10-12(23)17(34-22)15(21(32)33)16(22)19(30)27(18)8-9-29/h2-6,12,15-18,29H,1,7-11H2,(H,32,33)/t12?,15-,16+,17-,18?,22?/m1/s1. The van der Waals surface area contributed by atoms with E-state index in [9.17, 15) is 24.6 Å². The summed E-state index contributed by atoms with van der Waals surface area (Å²) in [6, 6.07) is 6.26. The fraction of sp³-hybridized carbons (Fsp3) is 0.500. The second-order valence-corrected chi connectivity index (χ2v) is 10.0. The van der Waals surface area contributed by atoms with Crippen LogP contribution < -0.4 is 0 Å². The van der Waals surface area contributed by atoms with Gasteiger partial charge in [0.05, 0.1) is 30.1 Å². The van der Waals surface area contributed by atoms with Gasteiger partial charge < -0.3 is 24.7 Å². The highest BCUT2D eigenvalue weighted by atomic mass is 79.9. The van der Waals surface area contributed by atoms with Gasteiger partial charge in [0.25, 0.3) is 0 Å². The smallest absolute Gasteiger partial charge is 0.310 e. The maximum absolute atomic E-state index is 14.0. The maximum atomic E-state index is 14.0. The second kappa shape index (κ2) is 8.43. The zero-order valence-electron chi connectivity index (χ0n) is 18.2. The molecule has 0 radical (unpaired) electrons. The van der Waals surface area contributed by atoms with Gasteiger partial charge in [0.15, 0.2) is 0 Å². The Kier molecular flexibility index (Phi) is 5.69. The van der Waals surface area contributed by atoms with Gasteiger partial charge in [-0.25, -0.2) is 4.68 Å². The Morgan fingerprint density at radius 1 is 1.38 bits per heavy atom. The third kappa shape index (κ3) is 3.19. The van der Waals surface area contributed by atoms with E-state index in [0.29, 0.717) is 11.9 Å². The minimum atomic E-state index is -1.30. The lowest BCUT2D eigenvalue weighted by Crippen LogP contribution is -2.57. The largest absolute Gasteiger partial charge is 0.481 e. The lowest BCUT2D eigenvalue weighted by atomic mass is 9.70. The number of para-hydroxylation sites is 1. The molecule has 5 rings (SSSR count). The van der Waals surface area contributed by atoms with Crippen LogP contribution in [0.5, 0.6) is 0 Å². The minimum Gasteiger partial charge on any atom is -0.481 e. The van der Waals surface area contributed by atoms with E-state index in [1.165, 1.54) is 9.80 Å². The Labute approximate surface area is 203 Å². The number of ether oxygens (including phenoxy) is 1. The number of carbonyl (C=O) groups excluding carboxylic acids is 2. The van der Waals surface area contributed by atoms with Crippen LogP contribution >= 0.6 is 15.9 Å². The predicted molar refractivity (Wildman–Crippen MR) is 122 cm³/mol. The molecule has 3 unspecified atom stereocenters. The van der Waals surface area contributed by atoms with Crippen LogP contribution in [-0.2, 0) is 25.8 Å². The number of halogens is 1. The van der Waals surface area contributed by atoms with Crippen molar-refractivity contribution >= 4 is 44.7 Å². The molecule has 6 atom stereocenters. The number of aliphatic hydroxyl groups excluding tert-OH is 1. The number of carboxylic acids is 1. The molecule has 1 aromatic carbocycles. The monoisotopic (exact) mass is 533 g/mol. The zero-order valence-corrected chi connectivity index (χ0v) is 19.7. The van der Waals surface area contributed by atoms with Crippen molar-refractivity contribution in [1.82, 2.24) is 24.8 Å². The van der Waals surface area contributed by atoms with Gasteiger partial charge in [0.2, 0.25) is 11.8 Å². The van der Waals surface area contributed by atoms with Crippen LogP contribution in [0.1, 0.15) is 6.42 Å². The maximum Gasteiger partial charge on any atom is 0.310 e. The summed E-state index contributed by atoms with van der Waals surface area (Å²) in [6.45, 7) is 3.49. The number of benzene rings is 1. The van der Waals surface area contributed by atoms with Crippen LogP contribution in [0.25, 0.3) is 11.0 Å². The lowest BCUT2D eigenvalue weighted by molar-refractivity contribution is -0.151. The molecule has 180 valence electrons. The Morgan fingerprint density at radius 3 is 2.85 bits per heavy atom. The number of aromatic nitrogens is 3. The molecular weight excluding hydrogens is 510 g/mol. The molecule has 0 aliphatic carbocycles. The van der Waals surface area contributed by atoms with E-state index in [1.54, 1.807) is 10.8 Å². The van der Waals surface area contributed by atoms with E-state index >= 15 is 0 Å². The van der Waals surface area contributed by atoms with Crippen LogP contribution in [-0.4, -0.2) is 95.1 Å². The van der Waals surface area contributed by atoms with Gasteiger partial charge in [0, 0.05) is 17.9 Å². The summed E-state index contributed by atoms with van der Waals surface area (Å²) in [7, 11) is 0. The van der Waals surface area contributed by atoms with Crippen molar-refractivity contribution in [2.75, 3.05) is 19.7 Å². The molecule has 4 heterocycles. The lowest BCUT2D eigenvalue weighted by Gasteiger charge is -2.36. The number of aliphatic hydroxyl groups is 1. The van der Waals surface area contributed by atoms with Crippen LogP contribution in [0.15, 0.2) is 36.9 Å². The number of nitrogens with zero attached hydrogens (tertiary/aromatic N) is 5. The molecule has 11 nitrogen and oxygen atoms in total. The molecule has 1 aromatic heterocycles. The third-order valence-corrected chi connectivity index (χ3v) is 7.88. The molecule has 2 bridgehead atoms. The van der Waals surface area contributed by atoms with Gasteiger partial charge in [-0.15, -0.1) is 11.7 Å². The van der Waals surface area contributed by atoms with Gasteiger partial charge in [0.1, 0.15) is 23.8 Å². The van der Waals surface area contributed by atoms with Crippen molar-refractivity contribution in [3.05, 3.63) is 36.9 Å². The topological polar surface area (TPSA) is 138 Å². The number of rotatable bonds is 8. The van der Waals surface area contributed by atoms with Gasteiger partial charge in [-0.2, -0.15) is 0 Å². The molecule has 2 aromatic rings. The van der Waals surface area contributed by atoms with Crippen molar-refractivity contribution in [2.24, 2.45) is 11.8 Å². The Balaban J connectivity index is 1.54. The molecule has 12 heteroatoms. The fourth-order valence-corrected chi connectivity index (χ4v) is 6.71. The number of alkyl halides is 1. The Hall–Kier alpha value is -2.83. The van der Waals surface area contributed by atoms with E-state index in [2.05, 4.69) is 32.8 Å². The number of aliphatic carboxylic acids is 1. The van der Waals surface area contributed by atoms with Gasteiger partial charge in [-0.3, -0.25) is 14.4 Å². The van der Waals surface area contributed by atoms with Gasteiger partial charge >= 0.3 is 5.97 Å². The normalized spacial score (nSPS) is 31.8. The van der Waals surface area contributed by atoms with Gasteiger partial charge in [-0.05, 0) is 18.6 Å². The van der Waals surface area contributed by atoms with Crippen LogP contribution in [0.3, 0.4) is 0 Å². The number of β-amino-alcohol motifs (C(OH)–C–C–N with tert-alkyl or cyclic N) is 1. The summed E-state index contributed by atoms with van der Waals surface area (Å²) < 4.78 is 7.79. The van der Waals surface area contributed by atoms with Crippen molar-refractivity contribution in [2.45, 2.75) is 35.7 Å². The average molecular weight is 534 g/mol. The number of likely N-dealkylation sites (tertiary alicyclic amines) is 1. The number of fused-ring (bicyclic) bond motifs is 2. The van der Waals surface area contributed by atoms with Crippen LogP contribution in [0.2, 0.25) is 0 Å². The van der Waals surface area contributed by atoms with E-state index in [-0.39, 0.29) is 31.2 Å². The molecule has 34 heavy (non-hydrogen) atoms. The highest BCUT2D eigenvalue weighted by Crippen LogP contribution is 2.60. The number of hydrogen-bond acceptors (Lipinski definition) is 7. The number of amides is 2. The number of hydrogen-bond donors (Lipinski definition) is 2. The van der Waals surface area contributed by atoms with Crippen molar-refractivity contribution in [1.29, 1.82) is 0 Å². The SMILES string of the molecule is C=CCN(Cn1nnc2ccccc21)C(=O)C1N(CCO)C(=O)[C@@H]2[C@@H](C(=O)O)[C@@H]3OC12CC3Br. The van der Waals surface area contributed by atoms with E-state index < -0.39 is 47.4 Å². The summed E-state index contributed by atoms with van der Waals surface area (Å²) in [6.07, 6.45) is 1.16. The number of carbonyl (C=O) groups is 3. The molecular formula is C22H24BrN5O6. The minimum absolute atomic E-state index is 0.0489. The summed E-state index contributed by atoms with van der Waals surface area (Å²) in [5, 5.41) is 27.8. The quantitative estimate of drug-likeness (QED) is 0.363. The predicted octanol–water partition coefficient (Wildman–Crippen LogP) is 0.228. The second-order valence-electron chi connectivity index (χ2n) is 8.83. The van der Waals surface area contributed by atoms with Crippen molar-refractivity contribution < 1.29 is 29.3 Å². The first-order valence-corrected chi connectivity index (χ1v) is 11.9. The average Bonchev–Trinajstić information content (AvgIpc) is 3.51. The van der Waals surface area contributed by atoms with Crippen molar-refractivity contribution in [3.8, 4) is 0 Å². The third-order valence-electron chi connectivity index (χ3n) is 7.04. The summed E-state index contributed by atoms with van der Waals surface area (Å²) >= 11 is 3.50. The highest BCUT2D eigenvalue weighted by molar-refractivity contribution is 9.09. The first kappa shape index (κ1) is 22.9. The molecule has 1 spiro atoms. The first-order chi connectivity index (χ1) is 16.3. The molecule has 3 aliphatic heterocycles. The summed E-state index contributed by atoms with van der Waals surface area (Å²) in [5.74, 6) is -4.11. The summed E-state index contributed by atoms with van der Waals surface area (Å²) in [5.41, 5.74) is 0.114. The highest BCUT2D eigenvalue weighted by Gasteiger charge is 2.76.